The standard InChI is InChI=1S/C9H5ClF4/c1-2-3-4-6(11)5(10)8(13)9(14)7(4)12/h2H,1,3H2. The molecular formula is C9H5ClF4. The van der Waals surface area contributed by atoms with Crippen molar-refractivity contribution in [3.63, 3.8) is 0 Å². The zero-order chi connectivity index (χ0) is 10.9. The minimum Gasteiger partial charge on any atom is -0.205 e. The fourth-order valence-corrected chi connectivity index (χ4v) is 1.17. The summed E-state index contributed by atoms with van der Waals surface area (Å²) in [6.45, 7) is 3.23. The molecule has 0 spiro atoms. The summed E-state index contributed by atoms with van der Waals surface area (Å²) in [7, 11) is 0. The van der Waals surface area contributed by atoms with Crippen LogP contribution < -0.4 is 0 Å². The lowest BCUT2D eigenvalue weighted by atomic mass is 10.1. The molecule has 0 amide bonds. The van der Waals surface area contributed by atoms with Crippen LogP contribution in [0, 0.1) is 23.3 Å². The molecule has 0 nitrogen and oxygen atoms in total. The second-order valence-corrected chi connectivity index (χ2v) is 2.92. The average Bonchev–Trinajstić information content (AvgIpc) is 2.19. The summed E-state index contributed by atoms with van der Waals surface area (Å²) < 4.78 is 51.4. The summed E-state index contributed by atoms with van der Waals surface area (Å²) in [5.74, 6) is -6.34. The molecule has 0 fully saturated rings. The van der Waals surface area contributed by atoms with Gasteiger partial charge >= 0.3 is 0 Å². The second-order valence-electron chi connectivity index (χ2n) is 2.54. The van der Waals surface area contributed by atoms with Crippen LogP contribution in [0.3, 0.4) is 0 Å². The number of rotatable bonds is 2. The predicted octanol–water partition coefficient (Wildman–Crippen LogP) is 3.62. The van der Waals surface area contributed by atoms with Gasteiger partial charge in [-0.1, -0.05) is 17.7 Å². The van der Waals surface area contributed by atoms with Crippen LogP contribution in [0.4, 0.5) is 17.6 Å². The lowest BCUT2D eigenvalue weighted by molar-refractivity contribution is 0.427. The van der Waals surface area contributed by atoms with E-state index < -0.39 is 33.9 Å². The molecule has 14 heavy (non-hydrogen) atoms. The molecule has 5 heteroatoms. The van der Waals surface area contributed by atoms with Gasteiger partial charge in [0.15, 0.2) is 23.3 Å². The minimum absolute atomic E-state index is 0.255. The predicted molar refractivity (Wildman–Crippen MR) is 45.2 cm³/mol. The molecule has 1 rings (SSSR count). The van der Waals surface area contributed by atoms with Gasteiger partial charge in [-0.15, -0.1) is 6.58 Å². The SMILES string of the molecule is C=CCc1c(F)c(F)c(F)c(Cl)c1F. The fraction of sp³-hybridized carbons (Fsp3) is 0.111. The van der Waals surface area contributed by atoms with E-state index in [2.05, 4.69) is 6.58 Å². The normalized spacial score (nSPS) is 10.4. The van der Waals surface area contributed by atoms with Gasteiger partial charge in [0.25, 0.3) is 0 Å². The number of hydrogen-bond donors (Lipinski definition) is 0. The molecule has 0 aromatic heterocycles. The molecule has 0 aliphatic rings. The molecule has 76 valence electrons. The molecule has 0 saturated heterocycles. The van der Waals surface area contributed by atoms with E-state index in [1.165, 1.54) is 0 Å². The molecule has 1 aromatic carbocycles. The molecule has 0 heterocycles. The Balaban J connectivity index is 3.50. The first-order valence-electron chi connectivity index (χ1n) is 3.61. The first-order chi connectivity index (χ1) is 6.50. The van der Waals surface area contributed by atoms with Crippen molar-refractivity contribution in [3.8, 4) is 0 Å². The van der Waals surface area contributed by atoms with E-state index in [9.17, 15) is 17.6 Å². The Morgan fingerprint density at radius 3 is 2.07 bits per heavy atom. The molecule has 0 aliphatic heterocycles. The summed E-state index contributed by atoms with van der Waals surface area (Å²) in [6.07, 6.45) is 0.907. The van der Waals surface area contributed by atoms with E-state index in [-0.39, 0.29) is 6.42 Å². The zero-order valence-corrected chi connectivity index (χ0v) is 7.64. The van der Waals surface area contributed by atoms with Gasteiger partial charge in [0, 0.05) is 5.56 Å². The van der Waals surface area contributed by atoms with Crippen LogP contribution in [0.25, 0.3) is 0 Å². The Hall–Kier alpha value is -1.03. The third-order valence-electron chi connectivity index (χ3n) is 1.65. The maximum absolute atomic E-state index is 13.1. The van der Waals surface area contributed by atoms with Gasteiger partial charge < -0.3 is 0 Å². The summed E-state index contributed by atoms with van der Waals surface area (Å²) in [5, 5.41) is -1.04. The number of allylic oxidation sites excluding steroid dienone is 1. The van der Waals surface area contributed by atoms with Crippen LogP contribution in [-0.2, 0) is 6.42 Å². The van der Waals surface area contributed by atoms with E-state index in [0.29, 0.717) is 0 Å². The van der Waals surface area contributed by atoms with Crippen LogP contribution in [0.1, 0.15) is 5.56 Å². The van der Waals surface area contributed by atoms with E-state index in [1.807, 2.05) is 0 Å². The number of benzene rings is 1. The van der Waals surface area contributed by atoms with E-state index in [4.69, 9.17) is 11.6 Å². The molecule has 0 unspecified atom stereocenters. The third kappa shape index (κ3) is 1.62. The van der Waals surface area contributed by atoms with Crippen LogP contribution in [0.2, 0.25) is 5.02 Å². The lowest BCUT2D eigenvalue weighted by Crippen LogP contribution is -2.03. The quantitative estimate of drug-likeness (QED) is 0.312. The Kier molecular flexibility index (Phi) is 3.16. The molecular weight excluding hydrogens is 220 g/mol. The number of halogens is 5. The van der Waals surface area contributed by atoms with E-state index in [1.54, 1.807) is 0 Å². The van der Waals surface area contributed by atoms with Gasteiger partial charge in [-0.3, -0.25) is 0 Å². The summed E-state index contributed by atoms with van der Waals surface area (Å²) >= 11 is 5.10. The lowest BCUT2D eigenvalue weighted by Gasteiger charge is -2.06. The van der Waals surface area contributed by atoms with Crippen molar-refractivity contribution >= 4 is 11.6 Å². The Morgan fingerprint density at radius 2 is 1.57 bits per heavy atom. The molecule has 0 N–H and O–H groups in total. The smallest absolute Gasteiger partial charge is 0.196 e. The highest BCUT2D eigenvalue weighted by atomic mass is 35.5. The highest BCUT2D eigenvalue weighted by Gasteiger charge is 2.23. The van der Waals surface area contributed by atoms with Crippen molar-refractivity contribution in [3.05, 3.63) is 46.5 Å². The summed E-state index contributed by atoms with van der Waals surface area (Å²) in [5.41, 5.74) is -0.621. The second kappa shape index (κ2) is 4.00. The van der Waals surface area contributed by atoms with Crippen LogP contribution in [-0.4, -0.2) is 0 Å². The Bertz CT molecular complexity index is 358. The highest BCUT2D eigenvalue weighted by molar-refractivity contribution is 6.31. The monoisotopic (exact) mass is 224 g/mol. The van der Waals surface area contributed by atoms with Crippen molar-refractivity contribution in [2.45, 2.75) is 6.42 Å². The first kappa shape index (κ1) is 11.0. The van der Waals surface area contributed by atoms with Crippen molar-refractivity contribution in [1.82, 2.24) is 0 Å². The summed E-state index contributed by atoms with van der Waals surface area (Å²) in [4.78, 5) is 0. The average molecular weight is 225 g/mol. The molecule has 0 atom stereocenters. The van der Waals surface area contributed by atoms with Gasteiger partial charge in [-0.25, -0.2) is 17.6 Å². The van der Waals surface area contributed by atoms with Crippen LogP contribution >= 0.6 is 11.6 Å². The maximum Gasteiger partial charge on any atom is 0.196 e. The minimum atomic E-state index is -1.77. The topological polar surface area (TPSA) is 0 Å². The number of hydrogen-bond acceptors (Lipinski definition) is 0. The molecule has 0 saturated carbocycles. The van der Waals surface area contributed by atoms with Crippen LogP contribution in [0.15, 0.2) is 12.7 Å². The fourth-order valence-electron chi connectivity index (χ4n) is 0.974. The molecule has 0 bridgehead atoms. The van der Waals surface area contributed by atoms with Gasteiger partial charge in [0.2, 0.25) is 0 Å². The van der Waals surface area contributed by atoms with Gasteiger partial charge in [-0.2, -0.15) is 0 Å². The Morgan fingerprint density at radius 1 is 1.00 bits per heavy atom. The van der Waals surface area contributed by atoms with E-state index in [0.717, 1.165) is 6.08 Å². The van der Waals surface area contributed by atoms with E-state index >= 15 is 0 Å². The van der Waals surface area contributed by atoms with Crippen LogP contribution in [0.5, 0.6) is 0 Å². The molecule has 0 aliphatic carbocycles. The third-order valence-corrected chi connectivity index (χ3v) is 1.98. The van der Waals surface area contributed by atoms with Gasteiger partial charge in [0.1, 0.15) is 5.02 Å². The zero-order valence-electron chi connectivity index (χ0n) is 6.88. The van der Waals surface area contributed by atoms with Gasteiger partial charge in [0.05, 0.1) is 0 Å². The van der Waals surface area contributed by atoms with Crippen molar-refractivity contribution in [2.24, 2.45) is 0 Å². The Labute approximate surface area is 82.8 Å². The van der Waals surface area contributed by atoms with Crippen molar-refractivity contribution in [1.29, 1.82) is 0 Å². The highest BCUT2D eigenvalue weighted by Crippen LogP contribution is 2.28. The summed E-state index contributed by atoms with van der Waals surface area (Å²) in [6, 6.07) is 0. The first-order valence-corrected chi connectivity index (χ1v) is 3.99. The molecule has 0 radical (unpaired) electrons. The van der Waals surface area contributed by atoms with Gasteiger partial charge in [-0.05, 0) is 6.42 Å². The molecule has 1 aromatic rings. The largest absolute Gasteiger partial charge is 0.205 e. The van der Waals surface area contributed by atoms with Crippen molar-refractivity contribution < 1.29 is 17.6 Å². The maximum atomic E-state index is 13.1. The van der Waals surface area contributed by atoms with Crippen molar-refractivity contribution in [2.75, 3.05) is 0 Å².